The van der Waals surface area contributed by atoms with Crippen molar-refractivity contribution in [2.75, 3.05) is 0 Å². The van der Waals surface area contributed by atoms with Crippen LogP contribution in [-0.4, -0.2) is 28.7 Å². The molecule has 3 aromatic heterocycles. The number of fused-ring (bicyclic) bond motifs is 1. The fraction of sp³-hybridized carbons (Fsp3) is 0.133. The molecule has 0 atom stereocenters. The molecule has 9 heteroatoms. The van der Waals surface area contributed by atoms with E-state index in [1.54, 1.807) is 11.6 Å². The maximum Gasteiger partial charge on any atom is 0.332 e. The highest BCUT2D eigenvalue weighted by molar-refractivity contribution is 5.81. The quantitative estimate of drug-likeness (QED) is 0.336. The highest BCUT2D eigenvalue weighted by Gasteiger charge is 2.20. The van der Waals surface area contributed by atoms with Crippen LogP contribution >= 0.6 is 0 Å². The molecule has 1 N–H and O–H groups in total. The molecule has 3 heterocycles. The Hall–Kier alpha value is -5.18. The van der Waals surface area contributed by atoms with Crippen LogP contribution in [0.1, 0.15) is 6.92 Å². The van der Waals surface area contributed by atoms with Crippen LogP contribution in [0, 0.1) is 0 Å². The van der Waals surface area contributed by atoms with Gasteiger partial charge in [-0.15, -0.1) is 0 Å². The highest BCUT2D eigenvalue weighted by atomic mass is 16.5. The van der Waals surface area contributed by atoms with Crippen molar-refractivity contribution in [1.29, 1.82) is 0 Å². The molecule has 0 amide bonds. The highest BCUT2D eigenvalue weighted by Crippen LogP contribution is 2.33. The number of aryl methyl sites for hydroxylation is 2. The van der Waals surface area contributed by atoms with Crippen molar-refractivity contribution in [3.63, 3.8) is 0 Å². The Kier molecular flexibility index (Phi) is 5.95. The van der Waals surface area contributed by atoms with Gasteiger partial charge in [-0.3, -0.25) is 18.5 Å². The van der Waals surface area contributed by atoms with Gasteiger partial charge < -0.3 is 9.72 Å². The molecule has 0 aliphatic heterocycles. The minimum atomic E-state index is -0.438. The number of imidazole rings is 2. The maximum absolute atomic E-state index is 12.8. The third-order valence-corrected chi connectivity index (χ3v) is 6.78. The van der Waals surface area contributed by atoms with Crippen molar-refractivity contribution < 1.29 is 4.74 Å². The average Bonchev–Trinajstić information content (AvgIpc) is 3.59. The van der Waals surface area contributed by atoms with Gasteiger partial charge in [0.2, 0.25) is 0 Å². The zero-order valence-electron chi connectivity index (χ0n) is 21.8. The number of aromatic nitrogens is 6. The summed E-state index contributed by atoms with van der Waals surface area (Å²) in [6.07, 6.45) is 0. The summed E-state index contributed by atoms with van der Waals surface area (Å²) in [5.41, 5.74) is 4.55. The van der Waals surface area contributed by atoms with Crippen LogP contribution in [0.2, 0.25) is 0 Å². The number of benzene rings is 3. The Balaban J connectivity index is 1.37. The normalized spacial score (nSPS) is 11.3. The van der Waals surface area contributed by atoms with Gasteiger partial charge in [0, 0.05) is 37.3 Å². The number of H-pyrrole nitrogens is 1. The van der Waals surface area contributed by atoms with Crippen molar-refractivity contribution in [2.24, 2.45) is 14.1 Å². The van der Waals surface area contributed by atoms with Gasteiger partial charge in [-0.1, -0.05) is 60.7 Å². The summed E-state index contributed by atoms with van der Waals surface area (Å²) >= 11 is 0. The second-order valence-corrected chi connectivity index (χ2v) is 9.18. The molecular formula is C30H26N6O3. The predicted molar refractivity (Wildman–Crippen MR) is 151 cm³/mol. The van der Waals surface area contributed by atoms with Crippen LogP contribution in [-0.2, 0) is 20.6 Å². The molecule has 6 aromatic rings. The summed E-state index contributed by atoms with van der Waals surface area (Å²) in [6, 6.07) is 28.0. The summed E-state index contributed by atoms with van der Waals surface area (Å²) in [5.74, 6) is 1.28. The molecule has 6 rings (SSSR count). The lowest BCUT2D eigenvalue weighted by atomic mass is 10.1. The monoisotopic (exact) mass is 518 g/mol. The van der Waals surface area contributed by atoms with Crippen LogP contribution in [0.4, 0.5) is 0 Å². The van der Waals surface area contributed by atoms with Crippen LogP contribution in [0.25, 0.3) is 45.1 Å². The van der Waals surface area contributed by atoms with Crippen molar-refractivity contribution >= 4 is 11.2 Å². The lowest BCUT2D eigenvalue weighted by Crippen LogP contribution is -2.37. The Morgan fingerprint density at radius 3 is 2.05 bits per heavy atom. The molecule has 0 unspecified atom stereocenters. The average molecular weight is 519 g/mol. The lowest BCUT2D eigenvalue weighted by Gasteiger charge is -2.08. The largest absolute Gasteiger partial charge is 0.425 e. The third kappa shape index (κ3) is 4.14. The summed E-state index contributed by atoms with van der Waals surface area (Å²) in [5, 5.41) is 0. The Morgan fingerprint density at radius 1 is 0.769 bits per heavy atom. The first-order valence-electron chi connectivity index (χ1n) is 12.6. The fourth-order valence-electron chi connectivity index (χ4n) is 4.71. The first-order chi connectivity index (χ1) is 19.0. The van der Waals surface area contributed by atoms with Crippen LogP contribution < -0.4 is 16.0 Å². The Morgan fingerprint density at radius 2 is 1.41 bits per heavy atom. The van der Waals surface area contributed by atoms with E-state index >= 15 is 0 Å². The lowest BCUT2D eigenvalue weighted by molar-refractivity contribution is 0.418. The van der Waals surface area contributed by atoms with Gasteiger partial charge in [0.25, 0.3) is 5.56 Å². The number of hydrogen-bond donors (Lipinski definition) is 1. The number of rotatable bonds is 6. The van der Waals surface area contributed by atoms with Gasteiger partial charge in [-0.25, -0.2) is 9.78 Å². The van der Waals surface area contributed by atoms with Crippen molar-refractivity contribution in [3.8, 4) is 45.7 Å². The van der Waals surface area contributed by atoms with E-state index in [1.165, 1.54) is 11.6 Å². The van der Waals surface area contributed by atoms with E-state index in [4.69, 9.17) is 9.72 Å². The van der Waals surface area contributed by atoms with E-state index in [0.29, 0.717) is 17.8 Å². The van der Waals surface area contributed by atoms with Gasteiger partial charge in [0.1, 0.15) is 11.6 Å². The second kappa shape index (κ2) is 9.60. The van der Waals surface area contributed by atoms with Gasteiger partial charge >= 0.3 is 11.7 Å². The van der Waals surface area contributed by atoms with Crippen molar-refractivity contribution in [2.45, 2.75) is 13.5 Å². The van der Waals surface area contributed by atoms with Gasteiger partial charge in [-0.05, 0) is 31.2 Å². The number of nitrogens with zero attached hydrogens (tertiary/aromatic N) is 5. The molecule has 0 saturated heterocycles. The van der Waals surface area contributed by atoms with Crippen LogP contribution in [0.3, 0.4) is 0 Å². The fourth-order valence-corrected chi connectivity index (χ4v) is 4.71. The van der Waals surface area contributed by atoms with E-state index in [9.17, 15) is 9.59 Å². The smallest absolute Gasteiger partial charge is 0.332 e. The van der Waals surface area contributed by atoms with Crippen molar-refractivity contribution in [1.82, 2.24) is 28.7 Å². The molecule has 39 heavy (non-hydrogen) atoms. The van der Waals surface area contributed by atoms with Gasteiger partial charge in [0.05, 0.1) is 11.4 Å². The first kappa shape index (κ1) is 24.2. The summed E-state index contributed by atoms with van der Waals surface area (Å²) in [7, 11) is 3.05. The molecule has 0 radical (unpaired) electrons. The van der Waals surface area contributed by atoms with Gasteiger partial charge in [0.15, 0.2) is 11.2 Å². The zero-order chi connectivity index (χ0) is 27.1. The zero-order valence-corrected chi connectivity index (χ0v) is 21.8. The molecule has 0 fully saturated rings. The van der Waals surface area contributed by atoms with E-state index < -0.39 is 11.2 Å². The predicted octanol–water partition coefficient (Wildman–Crippen LogP) is 4.97. The Bertz CT molecular complexity index is 1860. The van der Waals surface area contributed by atoms with E-state index in [1.807, 2.05) is 79.7 Å². The van der Waals surface area contributed by atoms with Crippen LogP contribution in [0.15, 0.2) is 94.5 Å². The topological polar surface area (TPSA) is 99.7 Å². The van der Waals surface area contributed by atoms with Gasteiger partial charge in [-0.2, -0.15) is 4.98 Å². The molecule has 0 bridgehead atoms. The second-order valence-electron chi connectivity index (χ2n) is 9.18. The molecule has 0 aliphatic rings. The third-order valence-electron chi connectivity index (χ3n) is 6.78. The molecular weight excluding hydrogens is 492 g/mol. The standard InChI is InChI=1S/C30H26N6O3/c1-4-36-25-27(34(2)30(38)35(3)28(25)37)33-29(36)39-22-17-15-21(16-18-22)26-31-23(19-11-7-5-8-12-19)24(32-26)20-13-9-6-10-14-20/h5-18H,4H2,1-3H3,(H,31,32). The minimum Gasteiger partial charge on any atom is -0.425 e. The first-order valence-corrected chi connectivity index (χ1v) is 12.6. The molecule has 0 aliphatic carbocycles. The van der Waals surface area contributed by atoms with E-state index in [-0.39, 0.29) is 11.7 Å². The summed E-state index contributed by atoms with van der Waals surface area (Å²) in [4.78, 5) is 38.1. The van der Waals surface area contributed by atoms with Crippen molar-refractivity contribution in [3.05, 3.63) is 106 Å². The Labute approximate surface area is 223 Å². The summed E-state index contributed by atoms with van der Waals surface area (Å²) in [6.45, 7) is 2.35. The SMILES string of the molecule is CCn1c(Oc2ccc(-c3nc(-c4ccccc4)c(-c4ccccc4)[nH]3)cc2)nc2c1c(=O)n(C)c(=O)n2C. The number of aromatic amines is 1. The van der Waals surface area contributed by atoms with Crippen LogP contribution in [0.5, 0.6) is 11.8 Å². The molecule has 0 spiro atoms. The number of ether oxygens (including phenoxy) is 1. The molecule has 194 valence electrons. The number of hydrogen-bond acceptors (Lipinski definition) is 5. The number of nitrogens with one attached hydrogen (secondary N) is 1. The molecule has 3 aromatic carbocycles. The minimum absolute atomic E-state index is 0.245. The molecule has 0 saturated carbocycles. The summed E-state index contributed by atoms with van der Waals surface area (Å²) < 4.78 is 10.2. The van der Waals surface area contributed by atoms with E-state index in [0.717, 1.165) is 38.5 Å². The van der Waals surface area contributed by atoms with E-state index in [2.05, 4.69) is 22.1 Å². The molecule has 9 nitrogen and oxygen atoms in total. The maximum atomic E-state index is 12.8.